The van der Waals surface area contributed by atoms with Crippen LogP contribution in [0.5, 0.6) is 11.5 Å². The molecule has 0 radical (unpaired) electrons. The summed E-state index contributed by atoms with van der Waals surface area (Å²) in [7, 11) is 0. The van der Waals surface area contributed by atoms with Gasteiger partial charge in [-0.25, -0.2) is 0 Å². The Bertz CT molecular complexity index is 456. The van der Waals surface area contributed by atoms with Gasteiger partial charge in [-0.3, -0.25) is 0 Å². The van der Waals surface area contributed by atoms with E-state index in [4.69, 9.17) is 9.47 Å². The zero-order chi connectivity index (χ0) is 14.4. The normalized spacial score (nSPS) is 14.9. The van der Waals surface area contributed by atoms with E-state index in [1.807, 2.05) is 6.07 Å². The summed E-state index contributed by atoms with van der Waals surface area (Å²) in [5.41, 5.74) is 2.50. The van der Waals surface area contributed by atoms with Gasteiger partial charge < -0.3 is 14.8 Å². The highest BCUT2D eigenvalue weighted by Crippen LogP contribution is 2.33. The molecule has 1 atom stereocenters. The second-order valence-electron chi connectivity index (χ2n) is 5.41. The van der Waals surface area contributed by atoms with E-state index in [1.165, 1.54) is 11.1 Å². The van der Waals surface area contributed by atoms with Crippen LogP contribution in [0.3, 0.4) is 0 Å². The van der Waals surface area contributed by atoms with Crippen molar-refractivity contribution in [2.45, 2.75) is 39.2 Å². The van der Waals surface area contributed by atoms with Crippen molar-refractivity contribution in [2.75, 3.05) is 19.8 Å². The van der Waals surface area contributed by atoms with Gasteiger partial charge in [0.2, 0.25) is 0 Å². The minimum absolute atomic E-state index is 0.350. The van der Waals surface area contributed by atoms with Gasteiger partial charge in [0.25, 0.3) is 0 Å². The molecule has 0 saturated heterocycles. The molecule has 0 amide bonds. The Balaban J connectivity index is 2.12. The Morgan fingerprint density at radius 3 is 2.75 bits per heavy atom. The third kappa shape index (κ3) is 4.01. The minimum atomic E-state index is 0.350. The number of benzene rings is 1. The van der Waals surface area contributed by atoms with Crippen LogP contribution in [0.25, 0.3) is 0 Å². The standard InChI is InChI=1S/C17H25NO2/c1-4-9-18-15(7-5-13(2)3)14-6-8-16-17(12-14)20-11-10-19-16/h6,8,12,15,18H,2,4-5,7,9-11H2,1,3H3. The van der Waals surface area contributed by atoms with E-state index in [0.29, 0.717) is 19.3 Å². The monoisotopic (exact) mass is 275 g/mol. The molecule has 0 spiro atoms. The molecule has 3 nitrogen and oxygen atoms in total. The van der Waals surface area contributed by atoms with Crippen molar-refractivity contribution in [1.82, 2.24) is 5.32 Å². The number of fused-ring (bicyclic) bond motifs is 1. The molecule has 1 aliphatic rings. The maximum Gasteiger partial charge on any atom is 0.161 e. The fourth-order valence-corrected chi connectivity index (χ4v) is 2.37. The summed E-state index contributed by atoms with van der Waals surface area (Å²) in [5, 5.41) is 3.61. The van der Waals surface area contributed by atoms with Gasteiger partial charge in [-0.2, -0.15) is 0 Å². The lowest BCUT2D eigenvalue weighted by Gasteiger charge is -2.23. The average Bonchev–Trinajstić information content (AvgIpc) is 2.46. The highest BCUT2D eigenvalue weighted by molar-refractivity contribution is 5.44. The molecule has 3 heteroatoms. The van der Waals surface area contributed by atoms with Gasteiger partial charge in [0.05, 0.1) is 0 Å². The maximum absolute atomic E-state index is 5.67. The van der Waals surface area contributed by atoms with Crippen LogP contribution < -0.4 is 14.8 Å². The Hall–Kier alpha value is -1.48. The first-order valence-corrected chi connectivity index (χ1v) is 7.48. The predicted octanol–water partition coefficient (Wildman–Crippen LogP) is 3.85. The van der Waals surface area contributed by atoms with Gasteiger partial charge in [-0.1, -0.05) is 18.6 Å². The van der Waals surface area contributed by atoms with Crippen LogP contribution in [0.1, 0.15) is 44.7 Å². The quantitative estimate of drug-likeness (QED) is 0.767. The summed E-state index contributed by atoms with van der Waals surface area (Å²) in [4.78, 5) is 0. The van der Waals surface area contributed by atoms with E-state index < -0.39 is 0 Å². The van der Waals surface area contributed by atoms with Gasteiger partial charge >= 0.3 is 0 Å². The molecule has 0 bridgehead atoms. The highest BCUT2D eigenvalue weighted by Gasteiger charge is 2.16. The number of allylic oxidation sites excluding steroid dienone is 1. The van der Waals surface area contributed by atoms with E-state index in [2.05, 4.69) is 37.9 Å². The molecule has 1 unspecified atom stereocenters. The largest absolute Gasteiger partial charge is 0.486 e. The van der Waals surface area contributed by atoms with E-state index in [0.717, 1.165) is 37.3 Å². The summed E-state index contributed by atoms with van der Waals surface area (Å²) in [6.45, 7) is 10.6. The van der Waals surface area contributed by atoms with Gasteiger partial charge in [0.1, 0.15) is 13.2 Å². The summed E-state index contributed by atoms with van der Waals surface area (Å²) in [6.07, 6.45) is 3.24. The van der Waals surface area contributed by atoms with Crippen LogP contribution in [-0.2, 0) is 0 Å². The average molecular weight is 275 g/mol. The van der Waals surface area contributed by atoms with Crippen molar-refractivity contribution in [3.8, 4) is 11.5 Å². The molecule has 1 heterocycles. The second-order valence-corrected chi connectivity index (χ2v) is 5.41. The summed E-state index contributed by atoms with van der Waals surface area (Å²) in [5.74, 6) is 1.72. The van der Waals surface area contributed by atoms with Crippen molar-refractivity contribution in [1.29, 1.82) is 0 Å². The zero-order valence-electron chi connectivity index (χ0n) is 12.6. The van der Waals surface area contributed by atoms with E-state index in [9.17, 15) is 0 Å². The lowest BCUT2D eigenvalue weighted by Crippen LogP contribution is -2.23. The zero-order valence-corrected chi connectivity index (χ0v) is 12.6. The topological polar surface area (TPSA) is 30.5 Å². The summed E-state index contributed by atoms with van der Waals surface area (Å²) >= 11 is 0. The van der Waals surface area contributed by atoms with Gasteiger partial charge in [-0.15, -0.1) is 6.58 Å². The smallest absolute Gasteiger partial charge is 0.161 e. The Kier molecular flexibility index (Phi) is 5.48. The fraction of sp³-hybridized carbons (Fsp3) is 0.529. The number of nitrogens with one attached hydrogen (secondary N) is 1. The SMILES string of the molecule is C=C(C)CCC(NCCC)c1ccc2c(c1)OCCO2. The third-order valence-electron chi connectivity index (χ3n) is 3.47. The van der Waals surface area contributed by atoms with Crippen molar-refractivity contribution in [3.05, 3.63) is 35.9 Å². The third-order valence-corrected chi connectivity index (χ3v) is 3.47. The molecule has 20 heavy (non-hydrogen) atoms. The lowest BCUT2D eigenvalue weighted by molar-refractivity contribution is 0.171. The molecule has 1 aliphatic heterocycles. The molecule has 1 aromatic rings. The van der Waals surface area contributed by atoms with E-state index in [-0.39, 0.29) is 0 Å². The molecule has 1 aromatic carbocycles. The Morgan fingerprint density at radius 2 is 2.05 bits per heavy atom. The van der Waals surface area contributed by atoms with E-state index in [1.54, 1.807) is 0 Å². The van der Waals surface area contributed by atoms with Crippen LogP contribution in [0.2, 0.25) is 0 Å². The second kappa shape index (κ2) is 7.34. The molecular formula is C17H25NO2. The molecular weight excluding hydrogens is 250 g/mol. The molecule has 0 aromatic heterocycles. The van der Waals surface area contributed by atoms with Crippen molar-refractivity contribution in [3.63, 3.8) is 0 Å². The Morgan fingerprint density at radius 1 is 1.30 bits per heavy atom. The molecule has 1 N–H and O–H groups in total. The number of hydrogen-bond donors (Lipinski definition) is 1. The van der Waals surface area contributed by atoms with Crippen LogP contribution in [0.15, 0.2) is 30.4 Å². The van der Waals surface area contributed by atoms with Crippen LogP contribution in [-0.4, -0.2) is 19.8 Å². The lowest BCUT2D eigenvalue weighted by atomic mass is 9.99. The minimum Gasteiger partial charge on any atom is -0.486 e. The van der Waals surface area contributed by atoms with Gasteiger partial charge in [0.15, 0.2) is 11.5 Å². The van der Waals surface area contributed by atoms with Crippen molar-refractivity contribution < 1.29 is 9.47 Å². The molecule has 0 aliphatic carbocycles. The first-order chi connectivity index (χ1) is 9.70. The number of hydrogen-bond acceptors (Lipinski definition) is 3. The van der Waals surface area contributed by atoms with Crippen LogP contribution in [0.4, 0.5) is 0 Å². The first kappa shape index (κ1) is 14.9. The first-order valence-electron chi connectivity index (χ1n) is 7.48. The molecule has 110 valence electrons. The van der Waals surface area contributed by atoms with Crippen molar-refractivity contribution >= 4 is 0 Å². The summed E-state index contributed by atoms with van der Waals surface area (Å²) in [6, 6.07) is 6.62. The van der Waals surface area contributed by atoms with Gasteiger partial charge in [-0.05, 0) is 50.4 Å². The number of rotatable bonds is 7. The molecule has 2 rings (SSSR count). The number of ether oxygens (including phenoxy) is 2. The highest BCUT2D eigenvalue weighted by atomic mass is 16.6. The maximum atomic E-state index is 5.67. The van der Waals surface area contributed by atoms with E-state index >= 15 is 0 Å². The molecule has 0 fully saturated rings. The summed E-state index contributed by atoms with van der Waals surface area (Å²) < 4.78 is 11.3. The predicted molar refractivity (Wildman–Crippen MR) is 82.5 cm³/mol. The fourth-order valence-electron chi connectivity index (χ4n) is 2.37. The van der Waals surface area contributed by atoms with Crippen molar-refractivity contribution in [2.24, 2.45) is 0 Å². The Labute approximate surface area is 122 Å². The van der Waals surface area contributed by atoms with Gasteiger partial charge in [0, 0.05) is 6.04 Å². The van der Waals surface area contributed by atoms with Crippen LogP contribution in [0, 0.1) is 0 Å². The van der Waals surface area contributed by atoms with Crippen LogP contribution >= 0.6 is 0 Å². The molecule has 0 saturated carbocycles.